The van der Waals surface area contributed by atoms with Crippen LogP contribution in [0.25, 0.3) is 0 Å². The molecule has 130 valence electrons. The molecule has 1 saturated heterocycles. The minimum Gasteiger partial charge on any atom is -0.425 e. The van der Waals surface area contributed by atoms with E-state index in [-0.39, 0.29) is 5.97 Å². The summed E-state index contributed by atoms with van der Waals surface area (Å²) < 4.78 is 5.57. The van der Waals surface area contributed by atoms with E-state index in [1.54, 1.807) is 18.3 Å². The maximum atomic E-state index is 12.4. The van der Waals surface area contributed by atoms with Crippen molar-refractivity contribution in [1.29, 1.82) is 0 Å². The van der Waals surface area contributed by atoms with Crippen LogP contribution in [0.3, 0.4) is 0 Å². The highest BCUT2D eigenvalue weighted by atomic mass is 35.5. The molecule has 0 amide bonds. The summed E-state index contributed by atoms with van der Waals surface area (Å²) in [5, 5.41) is 7.01. The Balaban J connectivity index is 1.50. The Morgan fingerprint density at radius 3 is 2.84 bits per heavy atom. The number of carbonyl (C=O) groups is 1. The van der Waals surface area contributed by atoms with E-state index in [4.69, 9.17) is 16.3 Å². The largest absolute Gasteiger partial charge is 0.425 e. The van der Waals surface area contributed by atoms with Gasteiger partial charge < -0.3 is 20.3 Å². The Morgan fingerprint density at radius 1 is 1.24 bits per heavy atom. The maximum Gasteiger partial charge on any atom is 0.334 e. The maximum absolute atomic E-state index is 12.4. The van der Waals surface area contributed by atoms with E-state index in [0.29, 0.717) is 23.0 Å². The molecule has 0 saturated carbocycles. The first-order chi connectivity index (χ1) is 12.2. The molecule has 6 nitrogen and oxygen atoms in total. The van der Waals surface area contributed by atoms with Crippen LogP contribution < -0.4 is 20.3 Å². The first-order valence-electron chi connectivity index (χ1n) is 8.37. The quantitative estimate of drug-likeness (QED) is 0.647. The van der Waals surface area contributed by atoms with Crippen molar-refractivity contribution in [2.24, 2.45) is 0 Å². The average molecular weight is 359 g/mol. The molecule has 0 aliphatic carbocycles. The third-order valence-corrected chi connectivity index (χ3v) is 4.73. The number of rotatable bonds is 3. The first-order valence-corrected chi connectivity index (χ1v) is 8.75. The van der Waals surface area contributed by atoms with E-state index in [0.717, 1.165) is 37.4 Å². The number of piperazine rings is 1. The van der Waals surface area contributed by atoms with Gasteiger partial charge in [0, 0.05) is 50.6 Å². The Kier molecular flexibility index (Phi) is 4.46. The van der Waals surface area contributed by atoms with Crippen molar-refractivity contribution in [3.05, 3.63) is 47.1 Å². The van der Waals surface area contributed by atoms with Gasteiger partial charge in [0.05, 0.1) is 5.02 Å². The lowest BCUT2D eigenvalue weighted by Crippen LogP contribution is -2.43. The van der Waals surface area contributed by atoms with Crippen molar-refractivity contribution in [3.8, 4) is 5.75 Å². The van der Waals surface area contributed by atoms with Gasteiger partial charge in [0.25, 0.3) is 0 Å². The Labute approximate surface area is 151 Å². The molecule has 1 atom stereocenters. The molecule has 2 aromatic rings. The third-order valence-electron chi connectivity index (χ3n) is 4.50. The number of aromatic nitrogens is 1. The molecular weight excluding hydrogens is 340 g/mol. The minimum atomic E-state index is -0.453. The second kappa shape index (κ2) is 6.90. The second-order valence-corrected chi connectivity index (χ2v) is 6.65. The fourth-order valence-electron chi connectivity index (χ4n) is 3.16. The summed E-state index contributed by atoms with van der Waals surface area (Å²) in [6, 6.07) is 9.14. The molecule has 1 fully saturated rings. The number of carbonyl (C=O) groups excluding carboxylic acids is 1. The molecule has 0 spiro atoms. The molecular formula is C18H19ClN4O2. The monoisotopic (exact) mass is 358 g/mol. The number of benzene rings is 1. The number of hydrogen-bond donors (Lipinski definition) is 2. The van der Waals surface area contributed by atoms with Gasteiger partial charge in [-0.15, -0.1) is 0 Å². The SMILES string of the molecule is O=C1Oc2cc(N3CCNCC3)ccc2CC1Nc1ccc(Cl)cn1. The number of nitrogens with zero attached hydrogens (tertiary/aromatic N) is 2. The first kappa shape index (κ1) is 16.2. The van der Waals surface area contributed by atoms with Crippen LogP contribution in [0.1, 0.15) is 5.56 Å². The molecule has 25 heavy (non-hydrogen) atoms. The molecule has 4 rings (SSSR count). The van der Waals surface area contributed by atoms with Crippen molar-refractivity contribution in [3.63, 3.8) is 0 Å². The smallest absolute Gasteiger partial charge is 0.334 e. The number of fused-ring (bicyclic) bond motifs is 1. The highest BCUT2D eigenvalue weighted by Crippen LogP contribution is 2.31. The van der Waals surface area contributed by atoms with Crippen LogP contribution in [-0.2, 0) is 11.2 Å². The molecule has 3 heterocycles. The van der Waals surface area contributed by atoms with E-state index in [1.807, 2.05) is 12.1 Å². The summed E-state index contributed by atoms with van der Waals surface area (Å²) in [6.07, 6.45) is 2.12. The second-order valence-electron chi connectivity index (χ2n) is 6.21. The summed E-state index contributed by atoms with van der Waals surface area (Å²) >= 11 is 5.84. The zero-order valence-electron chi connectivity index (χ0n) is 13.7. The van der Waals surface area contributed by atoms with Crippen molar-refractivity contribution >= 4 is 29.1 Å². The number of ether oxygens (including phenoxy) is 1. The average Bonchev–Trinajstić information content (AvgIpc) is 2.64. The van der Waals surface area contributed by atoms with E-state index in [9.17, 15) is 4.79 Å². The summed E-state index contributed by atoms with van der Waals surface area (Å²) in [5.41, 5.74) is 2.11. The van der Waals surface area contributed by atoms with Gasteiger partial charge in [0.2, 0.25) is 0 Å². The molecule has 2 aliphatic heterocycles. The molecule has 2 N–H and O–H groups in total. The Morgan fingerprint density at radius 2 is 2.08 bits per heavy atom. The van der Waals surface area contributed by atoms with Crippen molar-refractivity contribution in [1.82, 2.24) is 10.3 Å². The van der Waals surface area contributed by atoms with E-state index in [2.05, 4.69) is 26.6 Å². The Hall–Kier alpha value is -2.31. The van der Waals surface area contributed by atoms with Gasteiger partial charge in [0.15, 0.2) is 0 Å². The standard InChI is InChI=1S/C18H19ClN4O2/c19-13-2-4-17(21-11-13)22-15-9-12-1-3-14(10-16(12)25-18(15)24)23-7-5-20-6-8-23/h1-4,10-11,15,20H,5-9H2,(H,21,22). The van der Waals surface area contributed by atoms with Crippen LogP contribution in [0.2, 0.25) is 5.02 Å². The summed E-state index contributed by atoms with van der Waals surface area (Å²) in [5.74, 6) is 0.970. The van der Waals surface area contributed by atoms with Crippen LogP contribution in [0.15, 0.2) is 36.5 Å². The molecule has 0 bridgehead atoms. The van der Waals surface area contributed by atoms with Crippen LogP contribution >= 0.6 is 11.6 Å². The number of esters is 1. The lowest BCUT2D eigenvalue weighted by Gasteiger charge is -2.31. The lowest BCUT2D eigenvalue weighted by atomic mass is 10.0. The third kappa shape index (κ3) is 3.55. The lowest BCUT2D eigenvalue weighted by molar-refractivity contribution is -0.136. The topological polar surface area (TPSA) is 66.5 Å². The molecule has 7 heteroatoms. The van der Waals surface area contributed by atoms with Gasteiger partial charge in [0.1, 0.15) is 17.6 Å². The fraction of sp³-hybridized carbons (Fsp3) is 0.333. The van der Waals surface area contributed by atoms with Gasteiger partial charge >= 0.3 is 5.97 Å². The van der Waals surface area contributed by atoms with Crippen LogP contribution in [0, 0.1) is 0 Å². The highest BCUT2D eigenvalue weighted by molar-refractivity contribution is 6.30. The Bertz CT molecular complexity index is 775. The number of hydrogen-bond acceptors (Lipinski definition) is 6. The van der Waals surface area contributed by atoms with Crippen LogP contribution in [0.5, 0.6) is 5.75 Å². The molecule has 1 aromatic carbocycles. The van der Waals surface area contributed by atoms with Crippen molar-refractivity contribution < 1.29 is 9.53 Å². The number of anilines is 2. The van der Waals surface area contributed by atoms with Crippen LogP contribution in [0.4, 0.5) is 11.5 Å². The highest BCUT2D eigenvalue weighted by Gasteiger charge is 2.29. The van der Waals surface area contributed by atoms with Gasteiger partial charge in [-0.1, -0.05) is 17.7 Å². The number of halogens is 1. The molecule has 0 radical (unpaired) electrons. The van der Waals surface area contributed by atoms with Gasteiger partial charge in [-0.2, -0.15) is 0 Å². The number of pyridine rings is 1. The van der Waals surface area contributed by atoms with Crippen molar-refractivity contribution in [2.75, 3.05) is 36.4 Å². The van der Waals surface area contributed by atoms with Crippen molar-refractivity contribution in [2.45, 2.75) is 12.5 Å². The minimum absolute atomic E-state index is 0.290. The van der Waals surface area contributed by atoms with Crippen LogP contribution in [-0.4, -0.2) is 43.2 Å². The van der Waals surface area contributed by atoms with Gasteiger partial charge in [-0.05, 0) is 23.8 Å². The normalized spacial score (nSPS) is 20.0. The van der Waals surface area contributed by atoms with E-state index >= 15 is 0 Å². The zero-order chi connectivity index (χ0) is 17.2. The van der Waals surface area contributed by atoms with Gasteiger partial charge in [-0.3, -0.25) is 0 Å². The number of nitrogens with one attached hydrogen (secondary N) is 2. The summed E-state index contributed by atoms with van der Waals surface area (Å²) in [4.78, 5) is 18.8. The molecule has 2 aliphatic rings. The summed E-state index contributed by atoms with van der Waals surface area (Å²) in [6.45, 7) is 3.85. The predicted molar refractivity (Wildman–Crippen MR) is 97.5 cm³/mol. The fourth-order valence-corrected chi connectivity index (χ4v) is 3.27. The molecule has 1 aromatic heterocycles. The van der Waals surface area contributed by atoms with Gasteiger partial charge in [-0.25, -0.2) is 9.78 Å². The zero-order valence-corrected chi connectivity index (χ0v) is 14.4. The van der Waals surface area contributed by atoms with E-state index in [1.165, 1.54) is 0 Å². The van der Waals surface area contributed by atoms with E-state index < -0.39 is 6.04 Å². The molecule has 1 unspecified atom stereocenters. The summed E-state index contributed by atoms with van der Waals surface area (Å²) in [7, 11) is 0. The predicted octanol–water partition coefficient (Wildman–Crippen LogP) is 2.09.